The van der Waals surface area contributed by atoms with E-state index in [0.717, 1.165) is 6.54 Å². The lowest BCUT2D eigenvalue weighted by atomic mass is 10.5. The molecular weight excluding hydrogens is 266 g/mol. The van der Waals surface area contributed by atoms with Gasteiger partial charge in [-0.3, -0.25) is 9.40 Å². The maximum absolute atomic E-state index is 12.1. The first kappa shape index (κ1) is 13.5. The number of anilines is 1. The first-order chi connectivity index (χ1) is 9.12. The number of likely N-dealkylation sites (N-methyl/N-ethyl adjacent to an activating group) is 1. The molecule has 0 fully saturated rings. The van der Waals surface area contributed by atoms with E-state index in [2.05, 4.69) is 20.1 Å². The summed E-state index contributed by atoms with van der Waals surface area (Å²) in [5, 5.41) is 6.97. The van der Waals surface area contributed by atoms with Crippen molar-refractivity contribution in [3.05, 3.63) is 36.8 Å². The number of pyridine rings is 1. The van der Waals surface area contributed by atoms with E-state index in [0.29, 0.717) is 6.54 Å². The zero-order chi connectivity index (χ0) is 13.7. The molecule has 19 heavy (non-hydrogen) atoms. The lowest BCUT2D eigenvalue weighted by Crippen LogP contribution is -2.15. The Balaban J connectivity index is 2.13. The van der Waals surface area contributed by atoms with E-state index in [1.165, 1.54) is 18.6 Å². The maximum Gasteiger partial charge on any atom is 0.266 e. The van der Waals surface area contributed by atoms with Gasteiger partial charge in [0.15, 0.2) is 0 Å². The third-order valence-corrected chi connectivity index (χ3v) is 3.72. The van der Waals surface area contributed by atoms with Gasteiger partial charge in [-0.1, -0.05) is 6.07 Å². The number of sulfonamides is 1. The molecule has 8 heteroatoms. The highest BCUT2D eigenvalue weighted by Crippen LogP contribution is 2.12. The van der Waals surface area contributed by atoms with Crippen molar-refractivity contribution >= 4 is 15.8 Å². The lowest BCUT2D eigenvalue weighted by Gasteiger charge is -2.04. The van der Waals surface area contributed by atoms with Crippen LogP contribution in [0.5, 0.6) is 0 Å². The van der Waals surface area contributed by atoms with Crippen LogP contribution >= 0.6 is 0 Å². The van der Waals surface area contributed by atoms with Gasteiger partial charge in [-0.05, 0) is 19.2 Å². The van der Waals surface area contributed by atoms with Crippen LogP contribution in [0.3, 0.4) is 0 Å². The second kappa shape index (κ2) is 5.81. The number of nitrogens with one attached hydrogen (secondary N) is 2. The lowest BCUT2D eigenvalue weighted by molar-refractivity contribution is 0.582. The molecule has 2 aromatic heterocycles. The predicted octanol–water partition coefficient (Wildman–Crippen LogP) is 0.298. The van der Waals surface area contributed by atoms with Crippen LogP contribution in [0, 0.1) is 0 Å². The maximum atomic E-state index is 12.1. The minimum Gasteiger partial charge on any atom is -0.318 e. The van der Waals surface area contributed by atoms with Gasteiger partial charge in [-0.2, -0.15) is 5.10 Å². The monoisotopic (exact) mass is 281 g/mol. The Hall–Kier alpha value is -1.93. The fourth-order valence-electron chi connectivity index (χ4n) is 1.45. The van der Waals surface area contributed by atoms with E-state index in [-0.39, 0.29) is 10.7 Å². The number of rotatable bonds is 6. The standard InChI is InChI=1S/C11H15N5O2S/c1-12-6-7-16-9-10(8-14-16)19(17,18)15-11-4-2-3-5-13-11/h2-5,8-9,12H,6-7H2,1H3,(H,13,15). The van der Waals surface area contributed by atoms with Gasteiger partial charge >= 0.3 is 0 Å². The molecule has 0 aliphatic carbocycles. The first-order valence-electron chi connectivity index (χ1n) is 5.73. The Morgan fingerprint density at radius 2 is 2.21 bits per heavy atom. The van der Waals surface area contributed by atoms with Gasteiger partial charge in [-0.25, -0.2) is 13.4 Å². The summed E-state index contributed by atoms with van der Waals surface area (Å²) in [6.45, 7) is 1.32. The SMILES string of the molecule is CNCCn1cc(S(=O)(=O)Nc2ccccn2)cn1. The second-order valence-corrected chi connectivity index (χ2v) is 5.55. The molecule has 0 atom stereocenters. The van der Waals surface area contributed by atoms with E-state index in [4.69, 9.17) is 0 Å². The van der Waals surface area contributed by atoms with Crippen molar-refractivity contribution < 1.29 is 8.42 Å². The van der Waals surface area contributed by atoms with Crippen molar-refractivity contribution in [3.8, 4) is 0 Å². The smallest absolute Gasteiger partial charge is 0.266 e. The van der Waals surface area contributed by atoms with Crippen molar-refractivity contribution in [1.29, 1.82) is 0 Å². The van der Waals surface area contributed by atoms with Crippen molar-refractivity contribution in [2.24, 2.45) is 0 Å². The summed E-state index contributed by atoms with van der Waals surface area (Å²) in [6, 6.07) is 5.01. The summed E-state index contributed by atoms with van der Waals surface area (Å²) < 4.78 is 28.1. The molecule has 0 spiro atoms. The summed E-state index contributed by atoms with van der Waals surface area (Å²) in [4.78, 5) is 4.04. The van der Waals surface area contributed by atoms with Crippen LogP contribution in [0.15, 0.2) is 41.7 Å². The molecule has 0 saturated heterocycles. The van der Waals surface area contributed by atoms with Gasteiger partial charge in [0.25, 0.3) is 10.0 Å². The van der Waals surface area contributed by atoms with Crippen molar-refractivity contribution in [1.82, 2.24) is 20.1 Å². The Labute approximate surface area is 111 Å². The minimum absolute atomic E-state index is 0.120. The molecule has 0 bridgehead atoms. The molecule has 0 unspecified atom stereocenters. The van der Waals surface area contributed by atoms with Gasteiger partial charge in [0.1, 0.15) is 10.7 Å². The molecule has 0 saturated carbocycles. The average molecular weight is 281 g/mol. The van der Waals surface area contributed by atoms with Crippen LogP contribution in [0.25, 0.3) is 0 Å². The van der Waals surface area contributed by atoms with Crippen LogP contribution in [0.1, 0.15) is 0 Å². The quantitative estimate of drug-likeness (QED) is 0.795. The fourth-order valence-corrected chi connectivity index (χ4v) is 2.41. The summed E-state index contributed by atoms with van der Waals surface area (Å²) in [5.74, 6) is 0.283. The molecule has 0 aliphatic rings. The van der Waals surface area contributed by atoms with Gasteiger partial charge in [-0.15, -0.1) is 0 Å². The molecule has 0 radical (unpaired) electrons. The molecule has 102 valence electrons. The number of hydrogen-bond donors (Lipinski definition) is 2. The third-order valence-electron chi connectivity index (χ3n) is 2.41. The zero-order valence-corrected chi connectivity index (χ0v) is 11.3. The summed E-state index contributed by atoms with van der Waals surface area (Å²) in [5.41, 5.74) is 0. The Bertz CT molecular complexity index is 624. The highest BCUT2D eigenvalue weighted by molar-refractivity contribution is 7.92. The van der Waals surface area contributed by atoms with E-state index < -0.39 is 10.0 Å². The van der Waals surface area contributed by atoms with Crippen LogP contribution in [-0.4, -0.2) is 36.8 Å². The molecule has 0 aromatic carbocycles. The van der Waals surface area contributed by atoms with E-state index >= 15 is 0 Å². The van der Waals surface area contributed by atoms with Gasteiger partial charge in [0.2, 0.25) is 0 Å². The largest absolute Gasteiger partial charge is 0.318 e. The average Bonchev–Trinajstić information content (AvgIpc) is 2.86. The molecule has 2 N–H and O–H groups in total. The molecule has 2 aromatic rings. The molecule has 7 nitrogen and oxygen atoms in total. The summed E-state index contributed by atoms with van der Waals surface area (Å²) >= 11 is 0. The number of nitrogens with zero attached hydrogens (tertiary/aromatic N) is 3. The number of hydrogen-bond acceptors (Lipinski definition) is 5. The second-order valence-electron chi connectivity index (χ2n) is 3.86. The summed E-state index contributed by atoms with van der Waals surface area (Å²) in [7, 11) is -1.81. The van der Waals surface area contributed by atoms with Crippen LogP contribution < -0.4 is 10.0 Å². The van der Waals surface area contributed by atoms with E-state index in [9.17, 15) is 8.42 Å². The molecule has 2 heterocycles. The highest BCUT2D eigenvalue weighted by atomic mass is 32.2. The molecule has 0 amide bonds. The Morgan fingerprint density at radius 1 is 1.37 bits per heavy atom. The Kier molecular flexibility index (Phi) is 4.13. The normalized spacial score (nSPS) is 11.4. The van der Waals surface area contributed by atoms with E-state index in [1.54, 1.807) is 22.9 Å². The molecule has 0 aliphatic heterocycles. The van der Waals surface area contributed by atoms with Gasteiger partial charge in [0.05, 0.1) is 12.7 Å². The first-order valence-corrected chi connectivity index (χ1v) is 7.21. The minimum atomic E-state index is -3.63. The van der Waals surface area contributed by atoms with Crippen LogP contribution in [0.2, 0.25) is 0 Å². The summed E-state index contributed by atoms with van der Waals surface area (Å²) in [6.07, 6.45) is 4.33. The van der Waals surface area contributed by atoms with Crippen molar-refractivity contribution in [3.63, 3.8) is 0 Å². The topological polar surface area (TPSA) is 88.9 Å². The predicted molar refractivity (Wildman–Crippen MR) is 71.2 cm³/mol. The fraction of sp³-hybridized carbons (Fsp3) is 0.273. The zero-order valence-electron chi connectivity index (χ0n) is 10.4. The molecular formula is C11H15N5O2S. The van der Waals surface area contributed by atoms with Crippen LogP contribution in [0.4, 0.5) is 5.82 Å². The van der Waals surface area contributed by atoms with Gasteiger partial charge < -0.3 is 5.32 Å². The van der Waals surface area contributed by atoms with Crippen LogP contribution in [-0.2, 0) is 16.6 Å². The van der Waals surface area contributed by atoms with Gasteiger partial charge in [0, 0.05) is 18.9 Å². The van der Waals surface area contributed by atoms with Crippen molar-refractivity contribution in [2.75, 3.05) is 18.3 Å². The van der Waals surface area contributed by atoms with E-state index in [1.807, 2.05) is 7.05 Å². The highest BCUT2D eigenvalue weighted by Gasteiger charge is 2.16. The third kappa shape index (κ3) is 3.52. The van der Waals surface area contributed by atoms with Crippen molar-refractivity contribution in [2.45, 2.75) is 11.4 Å². The molecule has 2 rings (SSSR count). The Morgan fingerprint density at radius 3 is 2.89 bits per heavy atom. The number of aromatic nitrogens is 3.